The Morgan fingerprint density at radius 1 is 0.750 bits per heavy atom. The van der Waals surface area contributed by atoms with Crippen molar-refractivity contribution in [1.82, 2.24) is 15.3 Å². The van der Waals surface area contributed by atoms with Crippen molar-refractivity contribution in [3.05, 3.63) is 83.9 Å². The van der Waals surface area contributed by atoms with Crippen molar-refractivity contribution in [3.63, 3.8) is 0 Å². The summed E-state index contributed by atoms with van der Waals surface area (Å²) in [5.41, 5.74) is 4.31. The van der Waals surface area contributed by atoms with E-state index in [0.717, 1.165) is 24.4 Å². The largest absolute Gasteiger partial charge is 0.312 e. The molecule has 0 radical (unpaired) electrons. The second-order valence-electron chi connectivity index (χ2n) is 9.80. The molecule has 0 aliphatic carbocycles. The van der Waals surface area contributed by atoms with Crippen LogP contribution in [0.2, 0.25) is 0 Å². The minimum absolute atomic E-state index is 0.220. The second kappa shape index (κ2) is 12.4. The first-order valence-electron chi connectivity index (χ1n) is 11.0. The van der Waals surface area contributed by atoms with Gasteiger partial charge in [0.25, 0.3) is 0 Å². The van der Waals surface area contributed by atoms with Crippen molar-refractivity contribution >= 4 is 24.4 Å². The SMILES string of the molecule is CC(C)(C)c1ccc(Sc2ccc(C(C)(C)C)cc2)cc1.SCCNCc1cncnc1. The molecule has 0 atom stereocenters. The van der Waals surface area contributed by atoms with Crippen LogP contribution >= 0.6 is 24.4 Å². The maximum absolute atomic E-state index is 4.07. The van der Waals surface area contributed by atoms with E-state index in [0.29, 0.717) is 0 Å². The Labute approximate surface area is 204 Å². The van der Waals surface area contributed by atoms with E-state index in [4.69, 9.17) is 0 Å². The predicted molar refractivity (Wildman–Crippen MR) is 142 cm³/mol. The van der Waals surface area contributed by atoms with E-state index in [2.05, 4.69) is 118 Å². The normalized spacial score (nSPS) is 11.6. The van der Waals surface area contributed by atoms with Crippen LogP contribution in [-0.4, -0.2) is 22.3 Å². The number of nitrogens with one attached hydrogen (secondary N) is 1. The average molecular weight is 468 g/mol. The highest BCUT2D eigenvalue weighted by atomic mass is 32.2. The van der Waals surface area contributed by atoms with Crippen LogP contribution in [0, 0.1) is 0 Å². The molecule has 3 nitrogen and oxygen atoms in total. The Balaban J connectivity index is 0.000000278. The lowest BCUT2D eigenvalue weighted by Crippen LogP contribution is -2.15. The molecule has 1 N–H and O–H groups in total. The van der Waals surface area contributed by atoms with E-state index in [1.165, 1.54) is 27.2 Å². The molecule has 1 aromatic heterocycles. The molecular weight excluding hydrogens is 430 g/mol. The molecule has 172 valence electrons. The third-order valence-electron chi connectivity index (χ3n) is 4.91. The first kappa shape index (κ1) is 26.4. The first-order chi connectivity index (χ1) is 15.1. The van der Waals surface area contributed by atoms with E-state index in [1.54, 1.807) is 12.4 Å². The van der Waals surface area contributed by atoms with Gasteiger partial charge in [0, 0.05) is 46.6 Å². The van der Waals surface area contributed by atoms with Crippen molar-refractivity contribution < 1.29 is 0 Å². The van der Waals surface area contributed by atoms with Gasteiger partial charge in [0.1, 0.15) is 6.33 Å². The molecule has 0 aliphatic rings. The second-order valence-corrected chi connectivity index (χ2v) is 11.4. The topological polar surface area (TPSA) is 37.8 Å². The molecule has 3 aromatic rings. The summed E-state index contributed by atoms with van der Waals surface area (Å²) >= 11 is 5.90. The van der Waals surface area contributed by atoms with Gasteiger partial charge in [0.05, 0.1) is 0 Å². The number of thiol groups is 1. The van der Waals surface area contributed by atoms with Gasteiger partial charge in [-0.1, -0.05) is 77.6 Å². The zero-order chi connectivity index (χ0) is 23.6. The van der Waals surface area contributed by atoms with E-state index in [-0.39, 0.29) is 10.8 Å². The Kier molecular flexibility index (Phi) is 10.3. The minimum atomic E-state index is 0.220. The molecule has 0 spiro atoms. The van der Waals surface area contributed by atoms with Crippen molar-refractivity contribution in [2.45, 2.75) is 68.7 Å². The Bertz CT molecular complexity index is 855. The zero-order valence-corrected chi connectivity index (χ0v) is 21.9. The molecule has 0 aliphatic heterocycles. The maximum Gasteiger partial charge on any atom is 0.115 e. The number of rotatable bonds is 6. The maximum atomic E-state index is 4.07. The summed E-state index contributed by atoms with van der Waals surface area (Å²) in [4.78, 5) is 10.4. The standard InChI is InChI=1S/C20H26S.C7H11N3S/c1-19(2,3)15-7-11-17(12-8-15)21-18-13-9-16(10-14-18)20(4,5)6;11-2-1-8-3-7-4-9-6-10-5-7/h7-14H,1-6H3;4-6,8,11H,1-3H2. The molecule has 3 rings (SSSR count). The van der Waals surface area contributed by atoms with Gasteiger partial charge in [0.2, 0.25) is 0 Å². The lowest BCUT2D eigenvalue weighted by molar-refractivity contribution is 0.589. The minimum Gasteiger partial charge on any atom is -0.312 e. The number of hydrogen-bond donors (Lipinski definition) is 2. The molecule has 0 fully saturated rings. The fourth-order valence-corrected chi connectivity index (χ4v) is 3.89. The molecular formula is C27H37N3S2. The zero-order valence-electron chi connectivity index (χ0n) is 20.2. The van der Waals surface area contributed by atoms with Crippen LogP contribution in [0.4, 0.5) is 0 Å². The average Bonchev–Trinajstić information content (AvgIpc) is 2.75. The van der Waals surface area contributed by atoms with Crippen LogP contribution in [0.15, 0.2) is 77.0 Å². The molecule has 0 unspecified atom stereocenters. The van der Waals surface area contributed by atoms with Gasteiger partial charge in [-0.25, -0.2) is 9.97 Å². The summed E-state index contributed by atoms with van der Waals surface area (Å²) < 4.78 is 0. The molecule has 0 amide bonds. The molecule has 5 heteroatoms. The summed E-state index contributed by atoms with van der Waals surface area (Å²) in [5.74, 6) is 0.855. The van der Waals surface area contributed by atoms with E-state index in [1.807, 2.05) is 11.8 Å². The molecule has 32 heavy (non-hydrogen) atoms. The molecule has 1 heterocycles. The molecule has 0 saturated heterocycles. The number of benzene rings is 2. The van der Waals surface area contributed by atoms with Crippen LogP contribution in [0.25, 0.3) is 0 Å². The van der Waals surface area contributed by atoms with Gasteiger partial charge >= 0.3 is 0 Å². The van der Waals surface area contributed by atoms with E-state index in [9.17, 15) is 0 Å². The van der Waals surface area contributed by atoms with Crippen LogP contribution in [-0.2, 0) is 17.4 Å². The lowest BCUT2D eigenvalue weighted by atomic mass is 9.87. The van der Waals surface area contributed by atoms with Gasteiger partial charge in [-0.2, -0.15) is 12.6 Å². The fourth-order valence-electron chi connectivity index (χ4n) is 2.92. The van der Waals surface area contributed by atoms with Crippen LogP contribution in [0.5, 0.6) is 0 Å². The third kappa shape index (κ3) is 9.35. The van der Waals surface area contributed by atoms with Crippen molar-refractivity contribution in [2.75, 3.05) is 12.3 Å². The summed E-state index contributed by atoms with van der Waals surface area (Å²) in [5, 5.41) is 3.19. The van der Waals surface area contributed by atoms with Gasteiger partial charge in [-0.15, -0.1) is 0 Å². The first-order valence-corrected chi connectivity index (χ1v) is 12.5. The van der Waals surface area contributed by atoms with Gasteiger partial charge < -0.3 is 5.32 Å². The van der Waals surface area contributed by atoms with Crippen molar-refractivity contribution in [1.29, 1.82) is 0 Å². The summed E-state index contributed by atoms with van der Waals surface area (Å²) in [6.07, 6.45) is 5.14. The van der Waals surface area contributed by atoms with Gasteiger partial charge in [-0.05, 0) is 46.2 Å². The molecule has 0 bridgehead atoms. The number of hydrogen-bond acceptors (Lipinski definition) is 5. The molecule has 2 aromatic carbocycles. The highest BCUT2D eigenvalue weighted by molar-refractivity contribution is 7.99. The summed E-state index contributed by atoms with van der Waals surface area (Å²) in [7, 11) is 0. The van der Waals surface area contributed by atoms with Gasteiger partial charge in [-0.3, -0.25) is 0 Å². The molecule has 0 saturated carbocycles. The number of nitrogens with zero attached hydrogens (tertiary/aromatic N) is 2. The van der Waals surface area contributed by atoms with E-state index >= 15 is 0 Å². The monoisotopic (exact) mass is 467 g/mol. The van der Waals surface area contributed by atoms with Gasteiger partial charge in [0.15, 0.2) is 0 Å². The van der Waals surface area contributed by atoms with E-state index < -0.39 is 0 Å². The van der Waals surface area contributed by atoms with Crippen LogP contribution < -0.4 is 5.32 Å². The highest BCUT2D eigenvalue weighted by Crippen LogP contribution is 2.32. The Morgan fingerprint density at radius 3 is 1.56 bits per heavy atom. The van der Waals surface area contributed by atoms with Crippen LogP contribution in [0.3, 0.4) is 0 Å². The Hall–Kier alpha value is -1.82. The summed E-state index contributed by atoms with van der Waals surface area (Å²) in [6.45, 7) is 15.2. The predicted octanol–water partition coefficient (Wildman–Crippen LogP) is 6.93. The smallest absolute Gasteiger partial charge is 0.115 e. The quantitative estimate of drug-likeness (QED) is 0.304. The lowest BCUT2D eigenvalue weighted by Gasteiger charge is -2.19. The fraction of sp³-hybridized carbons (Fsp3) is 0.407. The van der Waals surface area contributed by atoms with Crippen molar-refractivity contribution in [3.8, 4) is 0 Å². The number of aromatic nitrogens is 2. The highest BCUT2D eigenvalue weighted by Gasteiger charge is 2.14. The van der Waals surface area contributed by atoms with Crippen molar-refractivity contribution in [2.24, 2.45) is 0 Å². The third-order valence-corrected chi connectivity index (χ3v) is 6.15. The summed E-state index contributed by atoms with van der Waals surface area (Å²) in [6, 6.07) is 17.9. The van der Waals surface area contributed by atoms with Crippen LogP contribution in [0.1, 0.15) is 58.2 Å². The Morgan fingerprint density at radius 2 is 1.19 bits per heavy atom.